The highest BCUT2D eigenvalue weighted by Gasteiger charge is 2.40. The van der Waals surface area contributed by atoms with Crippen molar-refractivity contribution in [3.05, 3.63) is 36.9 Å². The van der Waals surface area contributed by atoms with Gasteiger partial charge >= 0.3 is 12.2 Å². The number of carbonyl (C=O) groups is 2. The SMILES string of the molecule is C=CCOC(=O)Nc1cccc(OC(=O)N(C(C)(C)Cl)C(C)(C)Cl)c1. The quantitative estimate of drug-likeness (QED) is 0.414. The molecule has 1 rings (SSSR count). The van der Waals surface area contributed by atoms with Crippen LogP contribution in [0.15, 0.2) is 36.9 Å². The zero-order valence-corrected chi connectivity index (χ0v) is 16.1. The summed E-state index contributed by atoms with van der Waals surface area (Å²) in [6.45, 7) is 10.1. The van der Waals surface area contributed by atoms with E-state index in [-0.39, 0.29) is 12.4 Å². The number of amides is 2. The Kier molecular flexibility index (Phi) is 7.14. The van der Waals surface area contributed by atoms with Crippen molar-refractivity contribution in [2.45, 2.75) is 37.7 Å². The first-order valence-electron chi connectivity index (χ1n) is 7.50. The molecule has 0 fully saturated rings. The summed E-state index contributed by atoms with van der Waals surface area (Å²) in [5.74, 6) is 0.221. The number of carbonyl (C=O) groups excluding carboxylic acids is 2. The van der Waals surface area contributed by atoms with Crippen molar-refractivity contribution in [3.63, 3.8) is 0 Å². The lowest BCUT2D eigenvalue weighted by atomic mass is 10.2. The Morgan fingerprint density at radius 3 is 2.36 bits per heavy atom. The molecular formula is C17H22Cl2N2O4. The van der Waals surface area contributed by atoms with Crippen LogP contribution in [0.1, 0.15) is 27.7 Å². The maximum atomic E-state index is 12.5. The van der Waals surface area contributed by atoms with E-state index in [9.17, 15) is 9.59 Å². The van der Waals surface area contributed by atoms with Crippen molar-refractivity contribution in [1.82, 2.24) is 4.90 Å². The van der Waals surface area contributed by atoms with Crippen molar-refractivity contribution >= 4 is 41.1 Å². The number of nitrogens with one attached hydrogen (secondary N) is 1. The summed E-state index contributed by atoms with van der Waals surface area (Å²) in [7, 11) is 0. The number of hydrogen-bond acceptors (Lipinski definition) is 4. The number of nitrogens with zero attached hydrogens (tertiary/aromatic N) is 1. The second-order valence-corrected chi connectivity index (χ2v) is 7.91. The third kappa shape index (κ3) is 6.84. The van der Waals surface area contributed by atoms with Crippen LogP contribution < -0.4 is 10.1 Å². The van der Waals surface area contributed by atoms with E-state index >= 15 is 0 Å². The highest BCUT2D eigenvalue weighted by molar-refractivity contribution is 6.27. The minimum absolute atomic E-state index is 0.0884. The molecule has 0 bridgehead atoms. The minimum Gasteiger partial charge on any atom is -0.445 e. The van der Waals surface area contributed by atoms with E-state index in [2.05, 4.69) is 11.9 Å². The van der Waals surface area contributed by atoms with E-state index in [1.165, 1.54) is 17.0 Å². The molecule has 6 nitrogen and oxygen atoms in total. The van der Waals surface area contributed by atoms with Gasteiger partial charge in [0, 0.05) is 11.8 Å². The highest BCUT2D eigenvalue weighted by Crippen LogP contribution is 2.32. The van der Waals surface area contributed by atoms with Gasteiger partial charge < -0.3 is 9.47 Å². The van der Waals surface area contributed by atoms with Gasteiger partial charge in [-0.25, -0.2) is 9.59 Å². The smallest absolute Gasteiger partial charge is 0.418 e. The van der Waals surface area contributed by atoms with Crippen LogP contribution >= 0.6 is 23.2 Å². The maximum Gasteiger partial charge on any atom is 0.418 e. The van der Waals surface area contributed by atoms with Crippen LogP contribution in [0.3, 0.4) is 0 Å². The van der Waals surface area contributed by atoms with Crippen molar-refractivity contribution < 1.29 is 19.1 Å². The first kappa shape index (κ1) is 21.1. The fourth-order valence-corrected chi connectivity index (χ4v) is 2.74. The zero-order chi connectivity index (χ0) is 19.3. The Hall–Kier alpha value is -1.92. The van der Waals surface area contributed by atoms with E-state index in [4.69, 9.17) is 32.7 Å². The summed E-state index contributed by atoms with van der Waals surface area (Å²) in [5.41, 5.74) is 0.404. The summed E-state index contributed by atoms with van der Waals surface area (Å²) in [5, 5.41) is 2.51. The average Bonchev–Trinajstić information content (AvgIpc) is 2.42. The van der Waals surface area contributed by atoms with Gasteiger partial charge in [-0.15, -0.1) is 0 Å². The molecule has 0 heterocycles. The normalized spacial score (nSPS) is 11.4. The summed E-state index contributed by atoms with van der Waals surface area (Å²) in [6, 6.07) is 6.29. The van der Waals surface area contributed by atoms with Gasteiger partial charge in [0.15, 0.2) is 0 Å². The minimum atomic E-state index is -1.06. The monoisotopic (exact) mass is 388 g/mol. The zero-order valence-electron chi connectivity index (χ0n) is 14.6. The van der Waals surface area contributed by atoms with Crippen LogP contribution in [0.4, 0.5) is 15.3 Å². The van der Waals surface area contributed by atoms with Crippen LogP contribution in [0.2, 0.25) is 0 Å². The molecule has 0 saturated carbocycles. The molecular weight excluding hydrogens is 367 g/mol. The lowest BCUT2D eigenvalue weighted by Crippen LogP contribution is -2.54. The van der Waals surface area contributed by atoms with Crippen LogP contribution in [-0.2, 0) is 4.74 Å². The summed E-state index contributed by atoms with van der Waals surface area (Å²) < 4.78 is 10.2. The molecule has 1 N–H and O–H groups in total. The Morgan fingerprint density at radius 2 is 1.84 bits per heavy atom. The van der Waals surface area contributed by atoms with Gasteiger partial charge in [0.2, 0.25) is 0 Å². The number of halogens is 2. The first-order chi connectivity index (χ1) is 11.4. The van der Waals surface area contributed by atoms with Crippen molar-refractivity contribution in [1.29, 1.82) is 0 Å². The van der Waals surface area contributed by atoms with Gasteiger partial charge in [0.05, 0.1) is 0 Å². The fraction of sp³-hybridized carbons (Fsp3) is 0.412. The average molecular weight is 389 g/mol. The molecule has 0 spiro atoms. The summed E-state index contributed by atoms with van der Waals surface area (Å²) in [4.78, 5) is 23.1. The van der Waals surface area contributed by atoms with Gasteiger partial charge in [0.25, 0.3) is 0 Å². The topological polar surface area (TPSA) is 67.9 Å². The van der Waals surface area contributed by atoms with Crippen LogP contribution in [0.5, 0.6) is 5.75 Å². The van der Waals surface area contributed by atoms with Crippen molar-refractivity contribution in [2.75, 3.05) is 11.9 Å². The Morgan fingerprint density at radius 1 is 1.24 bits per heavy atom. The predicted molar refractivity (Wildman–Crippen MR) is 99.3 cm³/mol. The third-order valence-electron chi connectivity index (χ3n) is 2.86. The van der Waals surface area contributed by atoms with Gasteiger partial charge in [-0.05, 0) is 39.8 Å². The molecule has 0 radical (unpaired) electrons. The van der Waals surface area contributed by atoms with Crippen molar-refractivity contribution in [2.24, 2.45) is 0 Å². The molecule has 1 aromatic carbocycles. The van der Waals surface area contributed by atoms with Crippen LogP contribution in [-0.4, -0.2) is 33.7 Å². The molecule has 0 aliphatic rings. The van der Waals surface area contributed by atoms with E-state index in [1.807, 2.05) is 0 Å². The third-order valence-corrected chi connectivity index (χ3v) is 3.20. The van der Waals surface area contributed by atoms with Crippen molar-refractivity contribution in [3.8, 4) is 5.75 Å². The Bertz CT molecular complexity index is 622. The molecule has 25 heavy (non-hydrogen) atoms. The lowest BCUT2D eigenvalue weighted by Gasteiger charge is -2.40. The van der Waals surface area contributed by atoms with Gasteiger partial charge in [-0.3, -0.25) is 10.2 Å². The first-order valence-corrected chi connectivity index (χ1v) is 8.25. The van der Waals surface area contributed by atoms with Gasteiger partial charge in [-0.1, -0.05) is 41.9 Å². The number of alkyl halides is 2. The lowest BCUT2D eigenvalue weighted by molar-refractivity contribution is 0.0974. The fourth-order valence-electron chi connectivity index (χ4n) is 2.14. The van der Waals surface area contributed by atoms with E-state index in [1.54, 1.807) is 45.9 Å². The second-order valence-electron chi connectivity index (χ2n) is 6.06. The Balaban J connectivity index is 2.88. The molecule has 1 aromatic rings. The molecule has 0 atom stereocenters. The molecule has 0 aliphatic carbocycles. The van der Waals surface area contributed by atoms with E-state index < -0.39 is 22.2 Å². The maximum absolute atomic E-state index is 12.5. The van der Waals surface area contributed by atoms with E-state index in [0.717, 1.165) is 0 Å². The molecule has 138 valence electrons. The largest absolute Gasteiger partial charge is 0.445 e. The highest BCUT2D eigenvalue weighted by atomic mass is 35.5. The number of anilines is 1. The molecule has 8 heteroatoms. The molecule has 0 saturated heterocycles. The summed E-state index contributed by atoms with van der Waals surface area (Å²) in [6.07, 6.45) is 0.0916. The number of ether oxygens (including phenoxy) is 2. The Labute approximate surface area is 157 Å². The van der Waals surface area contributed by atoms with E-state index in [0.29, 0.717) is 5.69 Å². The van der Waals surface area contributed by atoms with Gasteiger partial charge in [-0.2, -0.15) is 0 Å². The summed E-state index contributed by atoms with van der Waals surface area (Å²) >= 11 is 12.5. The predicted octanol–water partition coefficient (Wildman–Crippen LogP) is 5.17. The molecule has 0 aromatic heterocycles. The molecule has 0 aliphatic heterocycles. The standard InChI is InChI=1S/C17H22Cl2N2O4/c1-6-10-24-14(22)20-12-8-7-9-13(11-12)25-15(23)21(16(2,3)18)17(4,5)19/h6-9,11H,1,10H2,2-5H3,(H,20,22). The number of benzene rings is 1. The second kappa shape index (κ2) is 8.45. The molecule has 0 unspecified atom stereocenters. The number of hydrogen-bond donors (Lipinski definition) is 1. The molecule has 2 amide bonds. The van der Waals surface area contributed by atoms with Gasteiger partial charge in [0.1, 0.15) is 22.4 Å². The number of rotatable bonds is 6. The van der Waals surface area contributed by atoms with Crippen LogP contribution in [0, 0.1) is 0 Å². The van der Waals surface area contributed by atoms with Crippen LogP contribution in [0.25, 0.3) is 0 Å².